The molecule has 31 heavy (non-hydrogen) atoms. The molecule has 162 valence electrons. The van der Waals surface area contributed by atoms with E-state index in [1.54, 1.807) is 12.2 Å². The third kappa shape index (κ3) is 4.67. The number of alkyl halides is 1. The Morgan fingerprint density at radius 3 is 2.29 bits per heavy atom. The monoisotopic (exact) mass is 476 g/mol. The first-order chi connectivity index (χ1) is 14.6. The Labute approximate surface area is 196 Å². The Balaban J connectivity index is 0.00000272. The van der Waals surface area contributed by atoms with Crippen molar-refractivity contribution in [2.45, 2.75) is 17.5 Å². The largest absolute Gasteiger partial charge is 0.448 e. The molecule has 4 rings (SSSR count). The van der Waals surface area contributed by atoms with Crippen molar-refractivity contribution in [3.05, 3.63) is 95.2 Å². The van der Waals surface area contributed by atoms with Crippen LogP contribution in [0, 0.1) is 0 Å². The van der Waals surface area contributed by atoms with Gasteiger partial charge in [-0.25, -0.2) is 4.79 Å². The van der Waals surface area contributed by atoms with Crippen molar-refractivity contribution in [1.82, 2.24) is 4.90 Å². The Morgan fingerprint density at radius 1 is 1.16 bits per heavy atom. The van der Waals surface area contributed by atoms with Gasteiger partial charge in [-0.3, -0.25) is 9.69 Å². The van der Waals surface area contributed by atoms with Gasteiger partial charge in [0.25, 0.3) is 0 Å². The summed E-state index contributed by atoms with van der Waals surface area (Å²) in [6.07, 6.45) is 2.94. The van der Waals surface area contributed by atoms with Crippen molar-refractivity contribution < 1.29 is 14.3 Å². The average Bonchev–Trinajstić information content (AvgIpc) is 2.81. The van der Waals surface area contributed by atoms with Crippen molar-refractivity contribution in [3.63, 3.8) is 0 Å². The first-order valence-electron chi connectivity index (χ1n) is 9.58. The molecule has 8 heteroatoms. The van der Waals surface area contributed by atoms with Crippen LogP contribution in [0.15, 0.2) is 84.1 Å². The van der Waals surface area contributed by atoms with E-state index in [9.17, 15) is 9.59 Å². The van der Waals surface area contributed by atoms with Gasteiger partial charge in [0.15, 0.2) is 6.10 Å². The molecule has 0 saturated carbocycles. The summed E-state index contributed by atoms with van der Waals surface area (Å²) in [6, 6.07) is 18.5. The van der Waals surface area contributed by atoms with Crippen LogP contribution in [-0.2, 0) is 14.3 Å². The summed E-state index contributed by atoms with van der Waals surface area (Å²) in [6.45, 7) is 0. The molecule has 0 spiro atoms. The summed E-state index contributed by atoms with van der Waals surface area (Å²) in [5, 5.41) is -0.250. The molecule has 1 amide bonds. The molecule has 1 fully saturated rings. The Morgan fingerprint density at radius 2 is 1.74 bits per heavy atom. The molecule has 1 saturated heterocycles. The standard InChI is InChI=1S/C23H21ClN2O3S.ClH/c24-13-7-12-17-14-30-22-18(25)21(27)26(22)19(17)23(28)29-20(15-8-3-1-4-9-15)16-10-5-2-6-11-16;/h1-12,18,20,22H,13-14,25H2;1H/t18?,22-;/m1./s1. The van der Waals surface area contributed by atoms with E-state index in [0.717, 1.165) is 11.1 Å². The molecule has 1 unspecified atom stereocenters. The van der Waals surface area contributed by atoms with Crippen molar-refractivity contribution in [1.29, 1.82) is 0 Å². The lowest BCUT2D eigenvalue weighted by atomic mass is 10.0. The Hall–Kier alpha value is -2.25. The number of rotatable bonds is 6. The molecule has 0 radical (unpaired) electrons. The average molecular weight is 477 g/mol. The molecule has 2 aromatic carbocycles. The number of carbonyl (C=O) groups excluding carboxylic acids is 2. The first kappa shape index (κ1) is 23.4. The van der Waals surface area contributed by atoms with E-state index in [2.05, 4.69) is 0 Å². The lowest BCUT2D eigenvalue weighted by Crippen LogP contribution is -2.68. The van der Waals surface area contributed by atoms with Crippen LogP contribution >= 0.6 is 35.8 Å². The molecule has 0 bridgehead atoms. The second-order valence-electron chi connectivity index (χ2n) is 6.97. The minimum absolute atomic E-state index is 0. The lowest BCUT2D eigenvalue weighted by Gasteiger charge is -2.48. The smallest absolute Gasteiger partial charge is 0.356 e. The zero-order valence-electron chi connectivity index (χ0n) is 16.5. The lowest BCUT2D eigenvalue weighted by molar-refractivity contribution is -0.153. The molecular formula is C23H22Cl2N2O3S. The molecule has 2 aromatic rings. The van der Waals surface area contributed by atoms with Gasteiger partial charge in [0.2, 0.25) is 5.91 Å². The highest BCUT2D eigenvalue weighted by molar-refractivity contribution is 8.00. The molecule has 5 nitrogen and oxygen atoms in total. The van der Waals surface area contributed by atoms with Crippen molar-refractivity contribution in [2.75, 3.05) is 11.6 Å². The number of carbonyl (C=O) groups is 2. The van der Waals surface area contributed by atoms with Gasteiger partial charge in [0.1, 0.15) is 17.1 Å². The molecule has 2 aliphatic heterocycles. The summed E-state index contributed by atoms with van der Waals surface area (Å²) in [5.74, 6) is 0.0464. The van der Waals surface area contributed by atoms with Gasteiger partial charge in [-0.15, -0.1) is 35.8 Å². The number of fused-ring (bicyclic) bond motifs is 1. The van der Waals surface area contributed by atoms with Gasteiger partial charge in [0, 0.05) is 11.6 Å². The predicted molar refractivity (Wildman–Crippen MR) is 126 cm³/mol. The number of esters is 1. The zero-order valence-corrected chi connectivity index (χ0v) is 18.9. The van der Waals surface area contributed by atoms with Crippen LogP contribution in [0.25, 0.3) is 0 Å². The first-order valence-corrected chi connectivity index (χ1v) is 11.2. The fourth-order valence-electron chi connectivity index (χ4n) is 3.59. The summed E-state index contributed by atoms with van der Waals surface area (Å²) >= 11 is 7.33. The fourth-order valence-corrected chi connectivity index (χ4v) is 4.95. The second-order valence-corrected chi connectivity index (χ2v) is 8.39. The normalized spacial score (nSPS) is 20.4. The third-order valence-corrected chi connectivity index (χ3v) is 6.57. The number of allylic oxidation sites excluding steroid dienone is 2. The summed E-state index contributed by atoms with van der Waals surface area (Å²) < 4.78 is 6.00. The summed E-state index contributed by atoms with van der Waals surface area (Å²) in [4.78, 5) is 27.3. The maximum absolute atomic E-state index is 13.4. The molecule has 0 aliphatic carbocycles. The summed E-state index contributed by atoms with van der Waals surface area (Å²) in [7, 11) is 0. The Kier molecular flexibility index (Phi) is 7.84. The van der Waals surface area contributed by atoms with Crippen LogP contribution in [0.4, 0.5) is 0 Å². The number of nitrogens with two attached hydrogens (primary N) is 1. The van der Waals surface area contributed by atoms with E-state index in [-0.39, 0.29) is 29.4 Å². The van der Waals surface area contributed by atoms with E-state index in [4.69, 9.17) is 22.1 Å². The van der Waals surface area contributed by atoms with Crippen molar-refractivity contribution in [3.8, 4) is 0 Å². The Bertz CT molecular complexity index is 959. The fraction of sp³-hybridized carbons (Fsp3) is 0.217. The number of hydrogen-bond acceptors (Lipinski definition) is 5. The number of hydrogen-bond donors (Lipinski definition) is 1. The topological polar surface area (TPSA) is 72.6 Å². The van der Waals surface area contributed by atoms with Gasteiger partial charge in [0.05, 0.1) is 0 Å². The predicted octanol–water partition coefficient (Wildman–Crippen LogP) is 4.03. The molecule has 2 atom stereocenters. The van der Waals surface area contributed by atoms with Gasteiger partial charge in [-0.1, -0.05) is 72.8 Å². The number of benzene rings is 2. The molecular weight excluding hydrogens is 455 g/mol. The van der Waals surface area contributed by atoms with Crippen LogP contribution in [0.2, 0.25) is 0 Å². The van der Waals surface area contributed by atoms with Gasteiger partial charge in [-0.05, 0) is 16.7 Å². The van der Waals surface area contributed by atoms with Crippen LogP contribution < -0.4 is 5.73 Å². The van der Waals surface area contributed by atoms with E-state index >= 15 is 0 Å². The van der Waals surface area contributed by atoms with Crippen LogP contribution in [0.5, 0.6) is 0 Å². The van der Waals surface area contributed by atoms with Gasteiger partial charge in [-0.2, -0.15) is 0 Å². The van der Waals surface area contributed by atoms with E-state index in [1.807, 2.05) is 60.7 Å². The van der Waals surface area contributed by atoms with E-state index < -0.39 is 18.1 Å². The maximum atomic E-state index is 13.4. The van der Waals surface area contributed by atoms with Crippen molar-refractivity contribution in [2.24, 2.45) is 5.73 Å². The molecule has 2 aliphatic rings. The third-order valence-electron chi connectivity index (χ3n) is 5.07. The summed E-state index contributed by atoms with van der Waals surface area (Å²) in [5.41, 5.74) is 8.61. The molecule has 2 N–H and O–H groups in total. The van der Waals surface area contributed by atoms with E-state index in [0.29, 0.717) is 17.2 Å². The van der Waals surface area contributed by atoms with Crippen molar-refractivity contribution >= 4 is 47.6 Å². The highest BCUT2D eigenvalue weighted by atomic mass is 35.5. The zero-order chi connectivity index (χ0) is 21.1. The van der Waals surface area contributed by atoms with Crippen LogP contribution in [0.3, 0.4) is 0 Å². The molecule has 0 aromatic heterocycles. The number of nitrogens with zero attached hydrogens (tertiary/aromatic N) is 1. The quantitative estimate of drug-likeness (QED) is 0.387. The number of ether oxygens (including phenoxy) is 1. The number of amides is 1. The highest BCUT2D eigenvalue weighted by Crippen LogP contribution is 2.41. The van der Waals surface area contributed by atoms with Crippen LogP contribution in [0.1, 0.15) is 17.2 Å². The number of halogens is 2. The van der Waals surface area contributed by atoms with Gasteiger partial charge < -0.3 is 10.5 Å². The minimum atomic E-state index is -0.601. The van der Waals surface area contributed by atoms with Crippen LogP contribution in [-0.4, -0.2) is 39.8 Å². The number of thioether (sulfide) groups is 1. The SMILES string of the molecule is Cl.NC1C(=O)N2C(C(=O)OC(c3ccccc3)c3ccccc3)=C(C=CCCl)CS[C@H]12. The number of β-lactam (4-membered cyclic amide) rings is 1. The van der Waals surface area contributed by atoms with Gasteiger partial charge >= 0.3 is 5.97 Å². The second kappa shape index (κ2) is 10.4. The molecule has 2 heterocycles. The maximum Gasteiger partial charge on any atom is 0.356 e. The minimum Gasteiger partial charge on any atom is -0.448 e. The van der Waals surface area contributed by atoms with E-state index in [1.165, 1.54) is 16.7 Å². The highest BCUT2D eigenvalue weighted by Gasteiger charge is 2.52.